The fraction of sp³-hybridized carbons (Fsp3) is 0.389. The predicted molar refractivity (Wildman–Crippen MR) is 96.9 cm³/mol. The first-order chi connectivity index (χ1) is 11.9. The number of piperazine rings is 1. The Morgan fingerprint density at radius 3 is 2.71 bits per heavy atom. The molecule has 0 saturated carbocycles. The Balaban J connectivity index is 1.43. The molecule has 3 aromatic rings. The zero-order valence-electron chi connectivity index (χ0n) is 13.5. The summed E-state index contributed by atoms with van der Waals surface area (Å²) in [6, 6.07) is 6.25. The van der Waals surface area contributed by atoms with Crippen molar-refractivity contribution < 1.29 is 4.98 Å². The van der Waals surface area contributed by atoms with E-state index in [1.807, 2.05) is 23.6 Å². The number of hydrogen-bond acceptors (Lipinski definition) is 5. The van der Waals surface area contributed by atoms with Crippen LogP contribution in [-0.4, -0.2) is 36.1 Å². The van der Waals surface area contributed by atoms with Crippen LogP contribution < -0.4 is 14.8 Å². The van der Waals surface area contributed by atoms with Crippen LogP contribution in [-0.2, 0) is 12.8 Å². The Hall–Kier alpha value is -2.21. The molecule has 5 nitrogen and oxygen atoms in total. The minimum atomic E-state index is 0.999. The number of aromatic amines is 1. The molecule has 1 saturated heterocycles. The Morgan fingerprint density at radius 1 is 1.00 bits per heavy atom. The highest BCUT2D eigenvalue weighted by molar-refractivity contribution is 7.19. The van der Waals surface area contributed by atoms with Gasteiger partial charge in [-0.25, -0.2) is 15.0 Å². The van der Waals surface area contributed by atoms with Crippen LogP contribution in [0.25, 0.3) is 10.2 Å². The highest BCUT2D eigenvalue weighted by Crippen LogP contribution is 2.40. The van der Waals surface area contributed by atoms with E-state index in [0.717, 1.165) is 32.0 Å². The third-order valence-electron chi connectivity index (χ3n) is 5.09. The number of aryl methyl sites for hydroxylation is 2. The van der Waals surface area contributed by atoms with Gasteiger partial charge in [0.05, 0.1) is 24.7 Å². The molecule has 122 valence electrons. The molecule has 4 heterocycles. The quantitative estimate of drug-likeness (QED) is 0.719. The molecule has 0 spiro atoms. The maximum Gasteiger partial charge on any atom is 0.274 e. The summed E-state index contributed by atoms with van der Waals surface area (Å²) in [5.41, 5.74) is 1.52. The third-order valence-corrected chi connectivity index (χ3v) is 6.29. The number of thiophene rings is 1. The van der Waals surface area contributed by atoms with Gasteiger partial charge in [0, 0.05) is 10.9 Å². The molecular formula is C18H20N5S+. The zero-order chi connectivity index (χ0) is 15.9. The van der Waals surface area contributed by atoms with Gasteiger partial charge in [-0.3, -0.25) is 4.90 Å². The minimum Gasteiger partial charge on any atom is -0.348 e. The molecule has 5 rings (SSSR count). The van der Waals surface area contributed by atoms with E-state index in [-0.39, 0.29) is 0 Å². The van der Waals surface area contributed by atoms with Gasteiger partial charge in [0.25, 0.3) is 5.82 Å². The second kappa shape index (κ2) is 5.70. The summed E-state index contributed by atoms with van der Waals surface area (Å²) < 4.78 is 0. The van der Waals surface area contributed by atoms with Crippen molar-refractivity contribution in [3.8, 4) is 0 Å². The van der Waals surface area contributed by atoms with Crippen LogP contribution in [0.2, 0.25) is 0 Å². The van der Waals surface area contributed by atoms with Crippen molar-refractivity contribution in [2.75, 3.05) is 36.0 Å². The summed E-state index contributed by atoms with van der Waals surface area (Å²) in [6.07, 6.45) is 7.41. The van der Waals surface area contributed by atoms with Gasteiger partial charge in [0.1, 0.15) is 30.1 Å². The van der Waals surface area contributed by atoms with Crippen LogP contribution in [0.1, 0.15) is 16.9 Å². The molecule has 0 unspecified atom stereocenters. The first kappa shape index (κ1) is 14.2. The highest BCUT2D eigenvalue weighted by Gasteiger charge is 2.28. The fourth-order valence-corrected chi connectivity index (χ4v) is 5.11. The van der Waals surface area contributed by atoms with Crippen molar-refractivity contribution in [3.05, 3.63) is 41.2 Å². The fourth-order valence-electron chi connectivity index (χ4n) is 3.89. The van der Waals surface area contributed by atoms with Crippen molar-refractivity contribution in [1.82, 2.24) is 9.97 Å². The summed E-state index contributed by atoms with van der Waals surface area (Å²) in [5.74, 6) is 2.34. The van der Waals surface area contributed by atoms with Gasteiger partial charge in [-0.1, -0.05) is 6.07 Å². The average molecular weight is 338 g/mol. The molecule has 0 bridgehead atoms. The van der Waals surface area contributed by atoms with Crippen LogP contribution in [0.3, 0.4) is 0 Å². The van der Waals surface area contributed by atoms with Crippen LogP contribution in [0.5, 0.6) is 0 Å². The summed E-state index contributed by atoms with van der Waals surface area (Å²) >= 11 is 1.87. The molecule has 0 atom stereocenters. The molecule has 2 aliphatic rings. The predicted octanol–water partition coefficient (Wildman–Crippen LogP) is 2.32. The lowest BCUT2D eigenvalue weighted by molar-refractivity contribution is -0.364. The van der Waals surface area contributed by atoms with E-state index in [1.165, 1.54) is 45.7 Å². The van der Waals surface area contributed by atoms with Gasteiger partial charge in [0.2, 0.25) is 0 Å². The number of pyridine rings is 1. The standard InChI is InChI=1S/C18H19N5S/c1-2-7-19-15(6-1)22-8-10-23(11-9-22)17-16-13-4-3-5-14(13)24-18(16)21-12-20-17/h1-2,6-7,12H,3-5,8-11H2/p+1. The van der Waals surface area contributed by atoms with Crippen molar-refractivity contribution in [2.24, 2.45) is 0 Å². The lowest BCUT2D eigenvalue weighted by atomic mass is 10.1. The zero-order valence-corrected chi connectivity index (χ0v) is 14.4. The largest absolute Gasteiger partial charge is 0.348 e. The molecular weight excluding hydrogens is 318 g/mol. The van der Waals surface area contributed by atoms with E-state index in [0.29, 0.717) is 0 Å². The first-order valence-electron chi connectivity index (χ1n) is 8.62. The van der Waals surface area contributed by atoms with Gasteiger partial charge in [-0.05, 0) is 30.9 Å². The molecule has 1 aliphatic heterocycles. The third kappa shape index (κ3) is 2.24. The Kier molecular flexibility index (Phi) is 3.36. The molecule has 0 aromatic carbocycles. The normalized spacial score (nSPS) is 17.5. The van der Waals surface area contributed by atoms with Gasteiger partial charge >= 0.3 is 0 Å². The Labute approximate surface area is 145 Å². The maximum atomic E-state index is 4.67. The van der Waals surface area contributed by atoms with E-state index in [9.17, 15) is 0 Å². The number of aromatic nitrogens is 3. The molecule has 1 fully saturated rings. The monoisotopic (exact) mass is 338 g/mol. The van der Waals surface area contributed by atoms with Crippen molar-refractivity contribution in [2.45, 2.75) is 19.3 Å². The van der Waals surface area contributed by atoms with E-state index in [4.69, 9.17) is 0 Å². The van der Waals surface area contributed by atoms with Gasteiger partial charge in [0.15, 0.2) is 0 Å². The topological polar surface area (TPSA) is 46.4 Å². The van der Waals surface area contributed by atoms with Crippen molar-refractivity contribution in [3.63, 3.8) is 0 Å². The molecule has 24 heavy (non-hydrogen) atoms. The molecule has 0 amide bonds. The van der Waals surface area contributed by atoms with Gasteiger partial charge in [-0.2, -0.15) is 0 Å². The van der Waals surface area contributed by atoms with E-state index >= 15 is 0 Å². The van der Waals surface area contributed by atoms with Gasteiger partial charge < -0.3 is 4.90 Å². The lowest BCUT2D eigenvalue weighted by Gasteiger charge is -2.32. The number of H-pyrrole nitrogens is 1. The second-order valence-electron chi connectivity index (χ2n) is 6.46. The van der Waals surface area contributed by atoms with E-state index in [2.05, 4.69) is 36.9 Å². The van der Waals surface area contributed by atoms with Crippen LogP contribution in [0.15, 0.2) is 30.7 Å². The van der Waals surface area contributed by atoms with Crippen LogP contribution >= 0.6 is 11.3 Å². The molecule has 1 aliphatic carbocycles. The minimum absolute atomic E-state index is 0.999. The second-order valence-corrected chi connectivity index (χ2v) is 7.54. The van der Waals surface area contributed by atoms with Crippen molar-refractivity contribution >= 4 is 33.2 Å². The number of hydrogen-bond donors (Lipinski definition) is 0. The molecule has 0 radical (unpaired) electrons. The maximum absolute atomic E-state index is 4.67. The number of rotatable bonds is 2. The van der Waals surface area contributed by atoms with E-state index < -0.39 is 0 Å². The number of anilines is 2. The number of fused-ring (bicyclic) bond motifs is 3. The SMILES string of the molecule is c1ccc(N2CCN(c3ncnc4sc5c(c34)CCC5)CC2)[nH+]c1. The summed E-state index contributed by atoms with van der Waals surface area (Å²) in [7, 11) is 0. The average Bonchev–Trinajstić information content (AvgIpc) is 3.23. The highest BCUT2D eigenvalue weighted by atomic mass is 32.1. The molecule has 1 N–H and O–H groups in total. The van der Waals surface area contributed by atoms with E-state index in [1.54, 1.807) is 6.33 Å². The lowest BCUT2D eigenvalue weighted by Crippen LogP contribution is -2.48. The Bertz CT molecular complexity index is 868. The van der Waals surface area contributed by atoms with Crippen molar-refractivity contribution in [1.29, 1.82) is 0 Å². The summed E-state index contributed by atoms with van der Waals surface area (Å²) in [4.78, 5) is 20.1. The summed E-state index contributed by atoms with van der Waals surface area (Å²) in [6.45, 7) is 4.02. The van der Waals surface area contributed by atoms with Gasteiger partial charge in [-0.15, -0.1) is 11.3 Å². The Morgan fingerprint density at radius 2 is 1.88 bits per heavy atom. The first-order valence-corrected chi connectivity index (χ1v) is 9.43. The molecule has 3 aromatic heterocycles. The number of nitrogens with one attached hydrogen (secondary N) is 1. The van der Waals surface area contributed by atoms with Crippen LogP contribution in [0.4, 0.5) is 11.6 Å². The molecule has 6 heteroatoms. The smallest absolute Gasteiger partial charge is 0.274 e. The summed E-state index contributed by atoms with van der Waals surface area (Å²) in [5, 5.41) is 1.33. The number of nitrogens with zero attached hydrogens (tertiary/aromatic N) is 4. The van der Waals surface area contributed by atoms with Crippen LogP contribution in [0, 0.1) is 0 Å².